The number of rotatable bonds is 4. The number of benzene rings is 3. The van der Waals surface area contributed by atoms with Crippen molar-refractivity contribution in [3.63, 3.8) is 0 Å². The normalized spacial score (nSPS) is 34.1. The molecule has 0 heterocycles. The van der Waals surface area contributed by atoms with Gasteiger partial charge in [-0.3, -0.25) is 4.79 Å². The van der Waals surface area contributed by atoms with Crippen molar-refractivity contribution in [3.8, 4) is 0 Å². The number of Topliss-reactive ketones (excluding diaryl/α,β-unsaturated/α-hetero) is 1. The van der Waals surface area contributed by atoms with Gasteiger partial charge in [-0.15, -0.1) is 0 Å². The zero-order valence-corrected chi connectivity index (χ0v) is 17.3. The topological polar surface area (TPSA) is 17.1 Å². The first kappa shape index (κ1) is 18.1. The summed E-state index contributed by atoms with van der Waals surface area (Å²) >= 11 is 0. The first-order valence-electron chi connectivity index (χ1n) is 11.4. The molecule has 3 aromatic carbocycles. The van der Waals surface area contributed by atoms with E-state index in [1.54, 1.807) is 0 Å². The van der Waals surface area contributed by atoms with E-state index >= 15 is 0 Å². The van der Waals surface area contributed by atoms with E-state index in [2.05, 4.69) is 60.7 Å². The summed E-state index contributed by atoms with van der Waals surface area (Å²) in [6.45, 7) is 0. The highest BCUT2D eigenvalue weighted by Gasteiger charge is 2.63. The maximum absolute atomic E-state index is 13.6. The lowest BCUT2D eigenvalue weighted by molar-refractivity contribution is -0.0622. The molecule has 4 fully saturated rings. The summed E-state index contributed by atoms with van der Waals surface area (Å²) < 4.78 is 0. The fourth-order valence-corrected chi connectivity index (χ4v) is 7.63. The van der Waals surface area contributed by atoms with Crippen molar-refractivity contribution in [1.82, 2.24) is 0 Å². The van der Waals surface area contributed by atoms with Gasteiger partial charge in [-0.25, -0.2) is 0 Å². The van der Waals surface area contributed by atoms with Crippen LogP contribution in [-0.2, 0) is 10.8 Å². The molecule has 4 aliphatic rings. The van der Waals surface area contributed by atoms with E-state index in [4.69, 9.17) is 0 Å². The van der Waals surface area contributed by atoms with Crippen LogP contribution in [0.15, 0.2) is 91.0 Å². The third-order valence-electron chi connectivity index (χ3n) is 8.44. The predicted octanol–water partition coefficient (Wildman–Crippen LogP) is 6.59. The zero-order valence-electron chi connectivity index (χ0n) is 17.3. The minimum Gasteiger partial charge on any atom is -0.294 e. The Morgan fingerprint density at radius 1 is 0.600 bits per heavy atom. The van der Waals surface area contributed by atoms with Gasteiger partial charge in [0.15, 0.2) is 5.78 Å². The maximum Gasteiger partial charge on any atom is 0.166 e. The Morgan fingerprint density at radius 2 is 1.00 bits per heavy atom. The quantitative estimate of drug-likeness (QED) is 0.458. The maximum atomic E-state index is 13.6. The van der Waals surface area contributed by atoms with Gasteiger partial charge in [0.25, 0.3) is 0 Å². The van der Waals surface area contributed by atoms with E-state index in [1.807, 2.05) is 30.3 Å². The van der Waals surface area contributed by atoms with Crippen molar-refractivity contribution in [2.45, 2.75) is 42.9 Å². The monoisotopic (exact) mass is 392 g/mol. The molecule has 0 saturated heterocycles. The van der Waals surface area contributed by atoms with Gasteiger partial charge < -0.3 is 0 Å². The van der Waals surface area contributed by atoms with Crippen LogP contribution in [0.1, 0.15) is 53.6 Å². The van der Waals surface area contributed by atoms with Crippen LogP contribution in [0.25, 0.3) is 0 Å². The molecule has 30 heavy (non-hydrogen) atoms. The molecule has 0 unspecified atom stereocenters. The lowest BCUT2D eigenvalue weighted by atomic mass is 9.38. The Bertz CT molecular complexity index is 980. The zero-order chi connectivity index (χ0) is 20.2. The van der Waals surface area contributed by atoms with Gasteiger partial charge in [-0.05, 0) is 65.9 Å². The fourth-order valence-electron chi connectivity index (χ4n) is 7.63. The Morgan fingerprint density at radius 3 is 1.43 bits per heavy atom. The van der Waals surface area contributed by atoms with E-state index < -0.39 is 0 Å². The number of ketones is 1. The van der Waals surface area contributed by atoms with Gasteiger partial charge >= 0.3 is 0 Å². The van der Waals surface area contributed by atoms with Crippen molar-refractivity contribution in [2.75, 3.05) is 0 Å². The first-order valence-corrected chi connectivity index (χ1v) is 11.4. The van der Waals surface area contributed by atoms with Gasteiger partial charge in [0.2, 0.25) is 0 Å². The third kappa shape index (κ3) is 2.64. The second kappa shape index (κ2) is 6.67. The molecular weight excluding hydrogens is 364 g/mol. The van der Waals surface area contributed by atoms with Crippen molar-refractivity contribution >= 4 is 5.78 Å². The van der Waals surface area contributed by atoms with E-state index in [-0.39, 0.29) is 16.7 Å². The Hall–Kier alpha value is -2.67. The number of carbonyl (C=O) groups excluding carboxylic acids is 1. The SMILES string of the molecule is O=C(c1ccccc1)C1C2CC3(c4ccccc4)CC1CC(c1ccccc1)(C2)C3. The molecule has 4 bridgehead atoms. The van der Waals surface area contributed by atoms with Crippen LogP contribution in [0, 0.1) is 17.8 Å². The van der Waals surface area contributed by atoms with E-state index in [0.717, 1.165) is 31.2 Å². The van der Waals surface area contributed by atoms with Gasteiger partial charge in [0.05, 0.1) is 0 Å². The molecule has 1 nitrogen and oxygen atoms in total. The Labute approximate surface area is 179 Å². The smallest absolute Gasteiger partial charge is 0.166 e. The van der Waals surface area contributed by atoms with Crippen LogP contribution in [0.2, 0.25) is 0 Å². The van der Waals surface area contributed by atoms with Crippen LogP contribution in [-0.4, -0.2) is 5.78 Å². The van der Waals surface area contributed by atoms with Gasteiger partial charge in [-0.1, -0.05) is 91.0 Å². The Kier molecular flexibility index (Phi) is 4.03. The molecule has 0 amide bonds. The Balaban J connectivity index is 1.44. The first-order chi connectivity index (χ1) is 14.7. The minimum absolute atomic E-state index is 0.182. The number of hydrogen-bond donors (Lipinski definition) is 0. The second-order valence-electron chi connectivity index (χ2n) is 10.1. The standard InChI is InChI=1S/C29H28O/c30-27(21-10-4-1-5-11-21)26-22-16-28(24-12-6-2-7-13-24)17-23(26)19-29(18-22,20-28)25-14-8-3-9-15-25/h1-15,22-23,26H,16-20H2. The van der Waals surface area contributed by atoms with Gasteiger partial charge in [-0.2, -0.15) is 0 Å². The predicted molar refractivity (Wildman–Crippen MR) is 121 cm³/mol. The average molecular weight is 393 g/mol. The van der Waals surface area contributed by atoms with E-state index in [9.17, 15) is 4.79 Å². The summed E-state index contributed by atoms with van der Waals surface area (Å²) in [6.07, 6.45) is 5.86. The third-order valence-corrected chi connectivity index (χ3v) is 8.44. The summed E-state index contributed by atoms with van der Waals surface area (Å²) in [5.74, 6) is 1.51. The van der Waals surface area contributed by atoms with Gasteiger partial charge in [0.1, 0.15) is 0 Å². The highest BCUT2D eigenvalue weighted by atomic mass is 16.1. The van der Waals surface area contributed by atoms with E-state index in [1.165, 1.54) is 17.5 Å². The largest absolute Gasteiger partial charge is 0.294 e. The molecule has 0 aromatic heterocycles. The van der Waals surface area contributed by atoms with Crippen molar-refractivity contribution in [3.05, 3.63) is 108 Å². The van der Waals surface area contributed by atoms with Crippen LogP contribution in [0.4, 0.5) is 0 Å². The summed E-state index contributed by atoms with van der Waals surface area (Å²) in [7, 11) is 0. The number of hydrogen-bond acceptors (Lipinski definition) is 1. The molecule has 7 rings (SSSR count). The summed E-state index contributed by atoms with van der Waals surface area (Å²) in [6, 6.07) is 32.4. The van der Waals surface area contributed by atoms with Crippen LogP contribution in [0.5, 0.6) is 0 Å². The molecule has 0 atom stereocenters. The lowest BCUT2D eigenvalue weighted by Crippen LogP contribution is -2.60. The highest BCUT2D eigenvalue weighted by molar-refractivity contribution is 5.98. The molecule has 3 aromatic rings. The molecule has 150 valence electrons. The molecule has 0 radical (unpaired) electrons. The molecule has 0 aliphatic heterocycles. The van der Waals surface area contributed by atoms with Crippen LogP contribution in [0.3, 0.4) is 0 Å². The van der Waals surface area contributed by atoms with Crippen molar-refractivity contribution < 1.29 is 4.79 Å². The summed E-state index contributed by atoms with van der Waals surface area (Å²) in [5.41, 5.74) is 4.32. The van der Waals surface area contributed by atoms with Gasteiger partial charge in [0, 0.05) is 11.5 Å². The average Bonchev–Trinajstić information content (AvgIpc) is 2.80. The van der Waals surface area contributed by atoms with Crippen molar-refractivity contribution in [1.29, 1.82) is 0 Å². The molecule has 0 N–H and O–H groups in total. The second-order valence-corrected chi connectivity index (χ2v) is 10.1. The fraction of sp³-hybridized carbons (Fsp3) is 0.345. The lowest BCUT2D eigenvalue weighted by Gasteiger charge is -2.65. The highest BCUT2D eigenvalue weighted by Crippen LogP contribution is 2.68. The summed E-state index contributed by atoms with van der Waals surface area (Å²) in [4.78, 5) is 13.6. The van der Waals surface area contributed by atoms with E-state index in [0.29, 0.717) is 17.6 Å². The molecular formula is C29H28O. The molecule has 0 spiro atoms. The molecule has 1 heteroatoms. The number of carbonyl (C=O) groups is 1. The molecule has 4 saturated carbocycles. The minimum atomic E-state index is 0.182. The summed E-state index contributed by atoms with van der Waals surface area (Å²) in [5, 5.41) is 0. The molecule has 4 aliphatic carbocycles. The van der Waals surface area contributed by atoms with Crippen molar-refractivity contribution in [2.24, 2.45) is 17.8 Å². The van der Waals surface area contributed by atoms with Crippen LogP contribution >= 0.6 is 0 Å². The van der Waals surface area contributed by atoms with Crippen LogP contribution < -0.4 is 0 Å².